The molecule has 2 aromatic carbocycles. The summed E-state index contributed by atoms with van der Waals surface area (Å²) in [5.41, 5.74) is 5.48. The van der Waals surface area contributed by atoms with Crippen LogP contribution in [0, 0.1) is 0 Å². The highest BCUT2D eigenvalue weighted by Gasteiger charge is 2.21. The second-order valence-electron chi connectivity index (χ2n) is 11.1. The minimum absolute atomic E-state index is 0.102. The van der Waals surface area contributed by atoms with Crippen molar-refractivity contribution in [2.75, 3.05) is 13.3 Å². The molecular formula is C34H42FN3O3. The van der Waals surface area contributed by atoms with Crippen LogP contribution in [-0.2, 0) is 29.9 Å². The van der Waals surface area contributed by atoms with Crippen molar-refractivity contribution in [2.45, 2.75) is 65.1 Å². The van der Waals surface area contributed by atoms with Gasteiger partial charge in [-0.25, -0.2) is 9.07 Å². The molecule has 0 bridgehead atoms. The lowest BCUT2D eigenvalue weighted by molar-refractivity contribution is -0.121. The normalized spacial score (nSPS) is 12.3. The predicted octanol–water partition coefficient (Wildman–Crippen LogP) is 6.60. The second kappa shape index (κ2) is 15.7. The number of Topliss-reactive ketones (excluding diaryl/α,β-unsaturated/α-hetero) is 1. The molecule has 0 aliphatic heterocycles. The molecule has 41 heavy (non-hydrogen) atoms. The lowest BCUT2D eigenvalue weighted by Gasteiger charge is -2.14. The Bertz CT molecular complexity index is 1320. The molecule has 1 heterocycles. The number of hydrogen-bond donors (Lipinski definition) is 2. The molecule has 0 unspecified atom stereocenters. The number of allylic oxidation sites excluding steroid dienone is 4. The fourth-order valence-electron chi connectivity index (χ4n) is 4.14. The van der Waals surface area contributed by atoms with Gasteiger partial charge < -0.3 is 15.2 Å². The van der Waals surface area contributed by atoms with Gasteiger partial charge in [-0.15, -0.1) is 0 Å². The highest BCUT2D eigenvalue weighted by atomic mass is 19.1. The average molecular weight is 560 g/mol. The molecule has 0 amide bonds. The van der Waals surface area contributed by atoms with E-state index in [0.717, 1.165) is 34.0 Å². The lowest BCUT2D eigenvalue weighted by atomic mass is 9.93. The largest absolute Gasteiger partial charge is 0.473 e. The number of aliphatic hydroxyl groups excluding tert-OH is 1. The molecule has 6 nitrogen and oxygen atoms in total. The highest BCUT2D eigenvalue weighted by molar-refractivity contribution is 5.79. The van der Waals surface area contributed by atoms with Crippen LogP contribution in [-0.4, -0.2) is 34.0 Å². The zero-order valence-corrected chi connectivity index (χ0v) is 24.4. The van der Waals surface area contributed by atoms with E-state index in [9.17, 15) is 9.18 Å². The molecule has 0 spiro atoms. The van der Waals surface area contributed by atoms with Gasteiger partial charge in [0.2, 0.25) is 5.88 Å². The third kappa shape index (κ3) is 10.5. The average Bonchev–Trinajstić information content (AvgIpc) is 3.38. The Labute approximate surface area is 243 Å². The minimum atomic E-state index is -0.598. The van der Waals surface area contributed by atoms with Gasteiger partial charge in [-0.05, 0) is 47.3 Å². The van der Waals surface area contributed by atoms with E-state index in [4.69, 9.17) is 14.9 Å². The third-order valence-electron chi connectivity index (χ3n) is 6.55. The topological polar surface area (TPSA) is 76.4 Å². The first-order valence-corrected chi connectivity index (χ1v) is 14.0. The predicted molar refractivity (Wildman–Crippen MR) is 162 cm³/mol. The molecule has 0 radical (unpaired) electrons. The summed E-state index contributed by atoms with van der Waals surface area (Å²) in [6, 6.07) is 20.4. The summed E-state index contributed by atoms with van der Waals surface area (Å²) in [7, 11) is 0. The van der Waals surface area contributed by atoms with Gasteiger partial charge in [0, 0.05) is 30.1 Å². The van der Waals surface area contributed by atoms with Crippen LogP contribution in [0.4, 0.5) is 4.39 Å². The molecule has 0 aliphatic rings. The summed E-state index contributed by atoms with van der Waals surface area (Å²) in [5, 5.41) is 17.1. The zero-order chi connectivity index (χ0) is 29.7. The quantitative estimate of drug-likeness (QED) is 0.194. The van der Waals surface area contributed by atoms with Gasteiger partial charge in [-0.2, -0.15) is 5.10 Å². The maximum absolute atomic E-state index is 13.6. The van der Waals surface area contributed by atoms with Crippen molar-refractivity contribution in [1.29, 1.82) is 0 Å². The summed E-state index contributed by atoms with van der Waals surface area (Å²) < 4.78 is 21.7. The number of aromatic nitrogens is 2. The van der Waals surface area contributed by atoms with Crippen LogP contribution >= 0.6 is 0 Å². The lowest BCUT2D eigenvalue weighted by Crippen LogP contribution is -2.13. The monoisotopic (exact) mass is 559 g/mol. The van der Waals surface area contributed by atoms with E-state index in [1.165, 1.54) is 0 Å². The van der Waals surface area contributed by atoms with Gasteiger partial charge in [-0.3, -0.25) is 4.79 Å². The van der Waals surface area contributed by atoms with Crippen LogP contribution in [0.25, 0.3) is 0 Å². The molecule has 0 saturated heterocycles. The fourth-order valence-corrected chi connectivity index (χ4v) is 4.14. The number of alkyl halides is 1. The SMILES string of the molecule is C=C/C=C(\C=C(\CF)CCCC(=O)CO)NCc1ccc(Cn2nc(C(C)(C)C)cc2OCc2ccccc2)cc1. The summed E-state index contributed by atoms with van der Waals surface area (Å²) in [6.07, 6.45) is 6.41. The Hall–Kier alpha value is -3.97. The standard InChI is InChI=1S/C34H42FN3O3/c1-5-10-30(19-29(21-35)13-9-14-31(40)24-39)36-22-26-15-17-27(18-16-26)23-38-33(20-32(37-38)34(2,3)4)41-25-28-11-7-6-8-12-28/h5-8,10-12,15-20,36,39H,1,9,13-14,21-25H2,2-4H3/b29-19+,30-10+. The van der Waals surface area contributed by atoms with Crippen LogP contribution in [0.1, 0.15) is 62.4 Å². The number of ketones is 1. The van der Waals surface area contributed by atoms with Gasteiger partial charge in [0.05, 0.1) is 12.2 Å². The van der Waals surface area contributed by atoms with E-state index < -0.39 is 13.3 Å². The number of ether oxygens (including phenoxy) is 1. The van der Waals surface area contributed by atoms with Crippen molar-refractivity contribution in [3.63, 3.8) is 0 Å². The van der Waals surface area contributed by atoms with E-state index in [-0.39, 0.29) is 17.6 Å². The van der Waals surface area contributed by atoms with Gasteiger partial charge in [0.25, 0.3) is 0 Å². The molecule has 0 aliphatic carbocycles. The second-order valence-corrected chi connectivity index (χ2v) is 11.1. The summed E-state index contributed by atoms with van der Waals surface area (Å²) >= 11 is 0. The third-order valence-corrected chi connectivity index (χ3v) is 6.55. The first-order chi connectivity index (χ1) is 19.7. The van der Waals surface area contributed by atoms with Crippen LogP contribution in [0.15, 0.2) is 96.7 Å². The number of nitrogens with zero attached hydrogens (tertiary/aromatic N) is 2. The van der Waals surface area contributed by atoms with Crippen molar-refractivity contribution < 1.29 is 19.0 Å². The number of carbonyl (C=O) groups is 1. The van der Waals surface area contributed by atoms with Crippen LogP contribution in [0.2, 0.25) is 0 Å². The molecule has 0 fully saturated rings. The van der Waals surface area contributed by atoms with Gasteiger partial charge in [0.1, 0.15) is 19.9 Å². The fraction of sp³-hybridized carbons (Fsp3) is 0.353. The number of rotatable bonds is 16. The van der Waals surface area contributed by atoms with Crippen molar-refractivity contribution in [1.82, 2.24) is 15.1 Å². The van der Waals surface area contributed by atoms with E-state index in [2.05, 4.69) is 56.9 Å². The Kier molecular flexibility index (Phi) is 12.1. The van der Waals surface area contributed by atoms with Crippen molar-refractivity contribution in [3.8, 4) is 5.88 Å². The molecule has 3 rings (SSSR count). The Balaban J connectivity index is 1.64. The van der Waals surface area contributed by atoms with Crippen molar-refractivity contribution in [3.05, 3.63) is 119 Å². The summed E-state index contributed by atoms with van der Waals surface area (Å²) in [4.78, 5) is 11.3. The molecule has 0 atom stereocenters. The zero-order valence-electron chi connectivity index (χ0n) is 24.4. The van der Waals surface area contributed by atoms with E-state index in [0.29, 0.717) is 38.1 Å². The van der Waals surface area contributed by atoms with E-state index in [1.54, 1.807) is 18.2 Å². The number of hydrogen-bond acceptors (Lipinski definition) is 5. The Morgan fingerprint density at radius 1 is 1.07 bits per heavy atom. The Morgan fingerprint density at radius 3 is 2.41 bits per heavy atom. The number of halogens is 1. The maximum Gasteiger partial charge on any atom is 0.212 e. The number of carbonyl (C=O) groups excluding carboxylic acids is 1. The first-order valence-electron chi connectivity index (χ1n) is 14.0. The molecule has 3 aromatic rings. The smallest absolute Gasteiger partial charge is 0.212 e. The molecule has 0 saturated carbocycles. The summed E-state index contributed by atoms with van der Waals surface area (Å²) in [5.74, 6) is 0.504. The minimum Gasteiger partial charge on any atom is -0.473 e. The molecule has 1 aromatic heterocycles. The van der Waals surface area contributed by atoms with Crippen molar-refractivity contribution in [2.24, 2.45) is 0 Å². The van der Waals surface area contributed by atoms with Gasteiger partial charge >= 0.3 is 0 Å². The molecule has 7 heteroatoms. The number of nitrogens with one attached hydrogen (secondary N) is 1. The van der Waals surface area contributed by atoms with Crippen LogP contribution in [0.3, 0.4) is 0 Å². The number of aliphatic hydroxyl groups is 1. The Morgan fingerprint density at radius 2 is 1.78 bits per heavy atom. The first kappa shape index (κ1) is 31.6. The molecular weight excluding hydrogens is 517 g/mol. The van der Waals surface area contributed by atoms with Crippen LogP contribution in [0.5, 0.6) is 5.88 Å². The van der Waals surface area contributed by atoms with Gasteiger partial charge in [-0.1, -0.05) is 88.0 Å². The highest BCUT2D eigenvalue weighted by Crippen LogP contribution is 2.26. The van der Waals surface area contributed by atoms with E-state index >= 15 is 0 Å². The molecule has 2 N–H and O–H groups in total. The summed E-state index contributed by atoms with van der Waals surface area (Å²) in [6.45, 7) is 10.7. The maximum atomic E-state index is 13.6. The van der Waals surface area contributed by atoms with E-state index in [1.807, 2.05) is 41.1 Å². The van der Waals surface area contributed by atoms with Gasteiger partial charge in [0.15, 0.2) is 5.78 Å². The van der Waals surface area contributed by atoms with Crippen molar-refractivity contribution >= 4 is 5.78 Å². The van der Waals surface area contributed by atoms with Crippen LogP contribution < -0.4 is 10.1 Å². The molecule has 218 valence electrons. The number of benzene rings is 2.